The average Bonchev–Trinajstić information content (AvgIpc) is 2.97. The summed E-state index contributed by atoms with van der Waals surface area (Å²) in [5, 5.41) is 9.85. The lowest BCUT2D eigenvalue weighted by molar-refractivity contribution is -0.161. The van der Waals surface area contributed by atoms with Crippen LogP contribution in [0.15, 0.2) is 18.2 Å². The van der Waals surface area contributed by atoms with Crippen molar-refractivity contribution in [1.29, 1.82) is 0 Å². The van der Waals surface area contributed by atoms with Gasteiger partial charge in [-0.05, 0) is 75.1 Å². The van der Waals surface area contributed by atoms with E-state index in [-0.39, 0.29) is 23.0 Å². The first-order valence-electron chi connectivity index (χ1n) is 9.73. The van der Waals surface area contributed by atoms with E-state index in [1.54, 1.807) is 19.1 Å². The fraction of sp³-hybridized carbons (Fsp3) is 0.667. The van der Waals surface area contributed by atoms with Crippen molar-refractivity contribution in [3.05, 3.63) is 29.3 Å². The molecule has 1 aliphatic heterocycles. The summed E-state index contributed by atoms with van der Waals surface area (Å²) >= 11 is 0. The van der Waals surface area contributed by atoms with E-state index < -0.39 is 12.2 Å². The van der Waals surface area contributed by atoms with E-state index in [1.807, 2.05) is 17.9 Å². The first kappa shape index (κ1) is 18.7. The van der Waals surface area contributed by atoms with Crippen LogP contribution in [-0.2, 0) is 4.79 Å². The molecule has 2 aliphatic carbocycles. The number of aliphatic hydroxyl groups is 1. The topological polar surface area (TPSA) is 49.8 Å². The molecule has 1 saturated heterocycles. The Morgan fingerprint density at radius 1 is 1.30 bits per heavy atom. The highest BCUT2D eigenvalue weighted by molar-refractivity contribution is 5.81. The number of aryl methyl sites for hydroxylation is 1. The van der Waals surface area contributed by atoms with E-state index in [1.165, 1.54) is 0 Å². The fourth-order valence-corrected chi connectivity index (χ4v) is 5.35. The molecule has 148 valence electrons. The highest BCUT2D eigenvalue weighted by Gasteiger charge is 2.53. The minimum Gasteiger partial charge on any atom is -0.435 e. The number of benzene rings is 1. The number of hydrogen-bond acceptors (Lipinski definition) is 3. The molecule has 6 heteroatoms. The molecule has 1 spiro atoms. The van der Waals surface area contributed by atoms with Crippen LogP contribution in [0.25, 0.3) is 0 Å². The molecule has 1 N–H and O–H groups in total. The molecule has 1 aromatic carbocycles. The first-order chi connectivity index (χ1) is 12.7. The molecule has 0 radical (unpaired) electrons. The van der Waals surface area contributed by atoms with Crippen LogP contribution in [0.5, 0.6) is 5.75 Å². The van der Waals surface area contributed by atoms with Crippen molar-refractivity contribution in [2.75, 3.05) is 13.1 Å². The Morgan fingerprint density at radius 3 is 2.63 bits per heavy atom. The maximum absolute atomic E-state index is 12.5. The fourth-order valence-electron chi connectivity index (χ4n) is 5.35. The third-order valence-electron chi connectivity index (χ3n) is 6.70. The quantitative estimate of drug-likeness (QED) is 0.864. The normalized spacial score (nSPS) is 31.7. The van der Waals surface area contributed by atoms with Crippen LogP contribution < -0.4 is 4.74 Å². The lowest BCUT2D eigenvalue weighted by Gasteiger charge is -2.52. The Labute approximate surface area is 158 Å². The standard InChI is InChI=1S/C21H27F2NO3/c1-13-3-4-16(27-19(22)23)7-17(13)14-5-6-21(10-14)11-24(12-21)18(25)15-8-20(2,26)9-15/h3-4,7,14-15,19,26H,5-6,8-12H2,1-2H3. The molecule has 1 amide bonds. The largest absolute Gasteiger partial charge is 0.435 e. The summed E-state index contributed by atoms with van der Waals surface area (Å²) in [5.41, 5.74) is 1.68. The zero-order valence-corrected chi connectivity index (χ0v) is 15.9. The van der Waals surface area contributed by atoms with Crippen molar-refractivity contribution < 1.29 is 23.4 Å². The molecule has 1 unspecified atom stereocenters. The van der Waals surface area contributed by atoms with Gasteiger partial charge in [0.15, 0.2) is 0 Å². The number of halogens is 2. The summed E-state index contributed by atoms with van der Waals surface area (Å²) in [5.74, 6) is 0.695. The Balaban J connectivity index is 1.37. The van der Waals surface area contributed by atoms with Crippen molar-refractivity contribution in [3.8, 4) is 5.75 Å². The number of ether oxygens (including phenoxy) is 1. The van der Waals surface area contributed by atoms with Gasteiger partial charge in [-0.2, -0.15) is 8.78 Å². The van der Waals surface area contributed by atoms with Gasteiger partial charge < -0.3 is 14.7 Å². The predicted molar refractivity (Wildman–Crippen MR) is 96.8 cm³/mol. The lowest BCUT2D eigenvalue weighted by atomic mass is 9.69. The highest BCUT2D eigenvalue weighted by Crippen LogP contribution is 2.53. The van der Waals surface area contributed by atoms with E-state index in [0.717, 1.165) is 43.5 Å². The molecule has 3 fully saturated rings. The average molecular weight is 379 g/mol. The van der Waals surface area contributed by atoms with Crippen LogP contribution in [0.2, 0.25) is 0 Å². The van der Waals surface area contributed by atoms with Gasteiger partial charge in [-0.15, -0.1) is 0 Å². The number of carbonyl (C=O) groups is 1. The summed E-state index contributed by atoms with van der Waals surface area (Å²) in [6.07, 6.45) is 4.18. The Bertz CT molecular complexity index is 735. The zero-order valence-electron chi connectivity index (χ0n) is 15.9. The summed E-state index contributed by atoms with van der Waals surface area (Å²) in [6.45, 7) is 2.55. The van der Waals surface area contributed by atoms with Gasteiger partial charge in [0, 0.05) is 24.4 Å². The van der Waals surface area contributed by atoms with Gasteiger partial charge in [-0.25, -0.2) is 0 Å². The number of likely N-dealkylation sites (tertiary alicyclic amines) is 1. The number of hydrogen-bond donors (Lipinski definition) is 1. The second-order valence-corrected chi connectivity index (χ2v) is 9.13. The van der Waals surface area contributed by atoms with Crippen LogP contribution in [0.4, 0.5) is 8.78 Å². The number of carbonyl (C=O) groups excluding carboxylic acids is 1. The Morgan fingerprint density at radius 2 is 2.00 bits per heavy atom. The van der Waals surface area contributed by atoms with Crippen molar-refractivity contribution in [3.63, 3.8) is 0 Å². The molecule has 3 aliphatic rings. The van der Waals surface area contributed by atoms with Gasteiger partial charge in [0.2, 0.25) is 5.91 Å². The van der Waals surface area contributed by atoms with Gasteiger partial charge in [-0.1, -0.05) is 6.07 Å². The molecular weight excluding hydrogens is 352 g/mol. The van der Waals surface area contributed by atoms with Crippen LogP contribution in [0.3, 0.4) is 0 Å². The van der Waals surface area contributed by atoms with Gasteiger partial charge in [0.05, 0.1) is 5.60 Å². The van der Waals surface area contributed by atoms with Crippen molar-refractivity contribution in [2.24, 2.45) is 11.3 Å². The number of alkyl halides is 2. The molecule has 27 heavy (non-hydrogen) atoms. The van der Waals surface area contributed by atoms with E-state index in [9.17, 15) is 18.7 Å². The number of nitrogens with zero attached hydrogens (tertiary/aromatic N) is 1. The third kappa shape index (κ3) is 3.56. The summed E-state index contributed by atoms with van der Waals surface area (Å²) in [7, 11) is 0. The lowest BCUT2D eigenvalue weighted by Crippen LogP contribution is -2.61. The highest BCUT2D eigenvalue weighted by atomic mass is 19.3. The van der Waals surface area contributed by atoms with Crippen LogP contribution in [-0.4, -0.2) is 41.2 Å². The summed E-state index contributed by atoms with van der Waals surface area (Å²) < 4.78 is 29.6. The molecule has 4 rings (SSSR count). The van der Waals surface area contributed by atoms with Crippen LogP contribution >= 0.6 is 0 Å². The van der Waals surface area contributed by atoms with Gasteiger partial charge in [0.1, 0.15) is 5.75 Å². The van der Waals surface area contributed by atoms with Gasteiger partial charge >= 0.3 is 6.61 Å². The maximum atomic E-state index is 12.5. The van der Waals surface area contributed by atoms with Crippen molar-refractivity contribution in [2.45, 2.75) is 64.1 Å². The molecule has 4 nitrogen and oxygen atoms in total. The summed E-state index contributed by atoms with van der Waals surface area (Å²) in [6, 6.07) is 5.19. The molecule has 1 atom stereocenters. The third-order valence-corrected chi connectivity index (χ3v) is 6.70. The summed E-state index contributed by atoms with van der Waals surface area (Å²) in [4.78, 5) is 14.5. The second-order valence-electron chi connectivity index (χ2n) is 9.13. The number of rotatable bonds is 4. The molecule has 1 heterocycles. The maximum Gasteiger partial charge on any atom is 0.387 e. The van der Waals surface area contributed by atoms with E-state index in [2.05, 4.69) is 4.74 Å². The van der Waals surface area contributed by atoms with E-state index in [4.69, 9.17) is 0 Å². The molecule has 0 bridgehead atoms. The number of amides is 1. The van der Waals surface area contributed by atoms with E-state index in [0.29, 0.717) is 18.8 Å². The SMILES string of the molecule is Cc1ccc(OC(F)F)cc1C1CCC2(C1)CN(C(=O)C1CC(C)(O)C1)C2. The monoisotopic (exact) mass is 379 g/mol. The van der Waals surface area contributed by atoms with Crippen LogP contribution in [0, 0.1) is 18.3 Å². The Kier molecular flexibility index (Phi) is 4.45. The zero-order chi connectivity index (χ0) is 19.4. The Hall–Kier alpha value is -1.69. The second kappa shape index (κ2) is 6.43. The molecule has 2 saturated carbocycles. The van der Waals surface area contributed by atoms with Crippen LogP contribution in [0.1, 0.15) is 56.1 Å². The minimum absolute atomic E-state index is 0.0278. The molecule has 1 aromatic rings. The molecule has 0 aromatic heterocycles. The van der Waals surface area contributed by atoms with Crippen molar-refractivity contribution in [1.82, 2.24) is 4.90 Å². The predicted octanol–water partition coefficient (Wildman–Crippen LogP) is 3.85. The minimum atomic E-state index is -2.81. The van der Waals surface area contributed by atoms with Gasteiger partial charge in [-0.3, -0.25) is 4.79 Å². The molecular formula is C21H27F2NO3. The van der Waals surface area contributed by atoms with Gasteiger partial charge in [0.25, 0.3) is 0 Å². The first-order valence-corrected chi connectivity index (χ1v) is 9.73. The smallest absolute Gasteiger partial charge is 0.387 e. The van der Waals surface area contributed by atoms with Crippen molar-refractivity contribution >= 4 is 5.91 Å². The van der Waals surface area contributed by atoms with E-state index >= 15 is 0 Å².